The fourth-order valence-corrected chi connectivity index (χ4v) is 2.62. The second kappa shape index (κ2) is 7.14. The van der Waals surface area contributed by atoms with Crippen LogP contribution >= 0.6 is 0 Å². The van der Waals surface area contributed by atoms with E-state index in [1.165, 1.54) is 0 Å². The summed E-state index contributed by atoms with van der Waals surface area (Å²) in [4.78, 5) is 6.47. The average molecular weight is 381 g/mol. The van der Waals surface area contributed by atoms with Crippen molar-refractivity contribution in [3.63, 3.8) is 0 Å². The molecule has 0 amide bonds. The third-order valence-electron chi connectivity index (χ3n) is 4.01. The summed E-state index contributed by atoms with van der Waals surface area (Å²) in [6.07, 6.45) is 0. The fourth-order valence-electron chi connectivity index (χ4n) is 2.62. The van der Waals surface area contributed by atoms with Crippen LogP contribution in [-0.2, 0) is 6.61 Å². The number of hydrogen-bond acceptors (Lipinski definition) is 9. The lowest BCUT2D eigenvalue weighted by atomic mass is 10.3. The van der Waals surface area contributed by atoms with Crippen LogP contribution in [0.15, 0.2) is 34.9 Å². The lowest BCUT2D eigenvalue weighted by Gasteiger charge is -2.13. The van der Waals surface area contributed by atoms with Crippen molar-refractivity contribution < 1.29 is 14.0 Å². The van der Waals surface area contributed by atoms with E-state index in [0.717, 1.165) is 11.5 Å². The predicted molar refractivity (Wildman–Crippen MR) is 100 cm³/mol. The van der Waals surface area contributed by atoms with Crippen molar-refractivity contribution in [3.05, 3.63) is 41.8 Å². The van der Waals surface area contributed by atoms with E-state index in [0.29, 0.717) is 34.6 Å². The summed E-state index contributed by atoms with van der Waals surface area (Å²) in [5, 5.41) is 16.7. The normalized spacial score (nSPS) is 11.0. The predicted octanol–water partition coefficient (Wildman–Crippen LogP) is 2.14. The summed E-state index contributed by atoms with van der Waals surface area (Å²) in [5.41, 5.74) is 1.81. The van der Waals surface area contributed by atoms with Crippen LogP contribution in [0.3, 0.4) is 0 Å². The molecule has 4 aromatic heterocycles. The Morgan fingerprint density at radius 2 is 2.04 bits per heavy atom. The molecule has 0 aliphatic carbocycles. The molecule has 10 nitrogen and oxygen atoms in total. The summed E-state index contributed by atoms with van der Waals surface area (Å²) in [6.45, 7) is 2.04. The summed E-state index contributed by atoms with van der Waals surface area (Å²) in [7, 11) is 5.42. The molecule has 0 aromatic carbocycles. The van der Waals surface area contributed by atoms with Crippen LogP contribution in [0.5, 0.6) is 11.6 Å². The Bertz CT molecular complexity index is 1120. The first-order valence-electron chi connectivity index (χ1n) is 8.55. The Balaban J connectivity index is 1.67. The first-order chi connectivity index (χ1) is 13.5. The molecular weight excluding hydrogens is 362 g/mol. The minimum atomic E-state index is 0.233. The van der Waals surface area contributed by atoms with Crippen molar-refractivity contribution in [1.29, 1.82) is 0 Å². The minimum Gasteiger partial charge on any atom is -0.491 e. The van der Waals surface area contributed by atoms with E-state index in [1.807, 2.05) is 37.2 Å². The molecule has 10 heteroatoms. The molecule has 0 spiro atoms. The van der Waals surface area contributed by atoms with Gasteiger partial charge >= 0.3 is 0 Å². The van der Waals surface area contributed by atoms with Crippen LogP contribution < -0.4 is 14.4 Å². The van der Waals surface area contributed by atoms with Crippen LogP contribution in [0.1, 0.15) is 11.5 Å². The van der Waals surface area contributed by atoms with Gasteiger partial charge in [0.2, 0.25) is 5.82 Å². The number of hydrogen-bond donors (Lipinski definition) is 0. The molecule has 144 valence electrons. The topological polar surface area (TPSA) is 104 Å². The lowest BCUT2D eigenvalue weighted by molar-refractivity contribution is 0.264. The van der Waals surface area contributed by atoms with Crippen molar-refractivity contribution in [1.82, 2.24) is 30.0 Å². The van der Waals surface area contributed by atoms with Gasteiger partial charge in [-0.25, -0.2) is 4.98 Å². The van der Waals surface area contributed by atoms with Crippen molar-refractivity contribution in [2.45, 2.75) is 13.5 Å². The van der Waals surface area contributed by atoms with E-state index < -0.39 is 0 Å². The van der Waals surface area contributed by atoms with Gasteiger partial charge in [-0.3, -0.25) is 0 Å². The maximum atomic E-state index is 5.89. The second-order valence-corrected chi connectivity index (χ2v) is 6.30. The number of ether oxygens (including phenoxy) is 2. The number of pyridine rings is 1. The molecular formula is C18H19N7O3. The summed E-state index contributed by atoms with van der Waals surface area (Å²) >= 11 is 0. The van der Waals surface area contributed by atoms with Crippen LogP contribution in [0.25, 0.3) is 17.2 Å². The van der Waals surface area contributed by atoms with Gasteiger partial charge in [0.05, 0.1) is 12.8 Å². The van der Waals surface area contributed by atoms with Crippen LogP contribution in [0.4, 0.5) is 5.82 Å². The number of anilines is 1. The molecule has 0 aliphatic heterocycles. The van der Waals surface area contributed by atoms with E-state index in [-0.39, 0.29) is 6.61 Å². The van der Waals surface area contributed by atoms with Gasteiger partial charge in [-0.05, 0) is 19.1 Å². The third-order valence-corrected chi connectivity index (χ3v) is 4.01. The molecule has 4 heterocycles. The van der Waals surface area contributed by atoms with E-state index in [2.05, 4.69) is 25.4 Å². The number of aryl methyl sites for hydroxylation is 1. The van der Waals surface area contributed by atoms with E-state index in [4.69, 9.17) is 14.0 Å². The molecule has 0 aliphatic rings. The van der Waals surface area contributed by atoms with Gasteiger partial charge in [-0.2, -0.15) is 4.52 Å². The molecule has 0 N–H and O–H groups in total. The van der Waals surface area contributed by atoms with Gasteiger partial charge < -0.3 is 18.9 Å². The minimum absolute atomic E-state index is 0.233. The monoisotopic (exact) mass is 381 g/mol. The Kier molecular flexibility index (Phi) is 4.52. The first-order valence-corrected chi connectivity index (χ1v) is 8.55. The molecule has 0 bridgehead atoms. The van der Waals surface area contributed by atoms with Crippen molar-refractivity contribution >= 4 is 11.5 Å². The first kappa shape index (κ1) is 17.7. The third kappa shape index (κ3) is 3.31. The second-order valence-electron chi connectivity index (χ2n) is 6.30. The van der Waals surface area contributed by atoms with Crippen molar-refractivity contribution in [2.24, 2.45) is 0 Å². The SMILES string of the molecule is COc1cc2nnc(-c3cc(C)on3)n2nc1OCc1cccc(N(C)C)n1. The molecule has 0 atom stereocenters. The zero-order chi connectivity index (χ0) is 19.7. The van der Waals surface area contributed by atoms with E-state index in [1.54, 1.807) is 30.7 Å². The van der Waals surface area contributed by atoms with Crippen LogP contribution in [0, 0.1) is 6.92 Å². The van der Waals surface area contributed by atoms with Crippen molar-refractivity contribution in [2.75, 3.05) is 26.1 Å². The number of nitrogens with zero attached hydrogens (tertiary/aromatic N) is 7. The molecule has 0 fully saturated rings. The summed E-state index contributed by atoms with van der Waals surface area (Å²) in [5.74, 6) is 2.72. The van der Waals surface area contributed by atoms with Gasteiger partial charge in [0.1, 0.15) is 18.2 Å². The quantitative estimate of drug-likeness (QED) is 0.497. The number of rotatable bonds is 6. The largest absolute Gasteiger partial charge is 0.491 e. The Labute approximate surface area is 160 Å². The molecule has 0 unspecified atom stereocenters. The lowest BCUT2D eigenvalue weighted by Crippen LogP contribution is -2.12. The molecule has 0 saturated heterocycles. The maximum Gasteiger partial charge on any atom is 0.275 e. The highest BCUT2D eigenvalue weighted by Gasteiger charge is 2.18. The highest BCUT2D eigenvalue weighted by molar-refractivity contribution is 5.56. The zero-order valence-electron chi connectivity index (χ0n) is 15.9. The molecule has 28 heavy (non-hydrogen) atoms. The van der Waals surface area contributed by atoms with Gasteiger partial charge in [0, 0.05) is 26.2 Å². The molecule has 0 radical (unpaired) electrons. The number of fused-ring (bicyclic) bond motifs is 1. The van der Waals surface area contributed by atoms with E-state index >= 15 is 0 Å². The van der Waals surface area contributed by atoms with Crippen LogP contribution in [0.2, 0.25) is 0 Å². The smallest absolute Gasteiger partial charge is 0.275 e. The summed E-state index contributed by atoms with van der Waals surface area (Å²) < 4.78 is 17.9. The highest BCUT2D eigenvalue weighted by atomic mass is 16.5. The molecule has 4 rings (SSSR count). The average Bonchev–Trinajstić information content (AvgIpc) is 3.31. The summed E-state index contributed by atoms with van der Waals surface area (Å²) in [6, 6.07) is 9.22. The molecule has 0 saturated carbocycles. The highest BCUT2D eigenvalue weighted by Crippen LogP contribution is 2.28. The fraction of sp³-hybridized carbons (Fsp3) is 0.278. The van der Waals surface area contributed by atoms with Crippen LogP contribution in [-0.4, -0.2) is 51.2 Å². The Hall–Kier alpha value is -3.69. The Morgan fingerprint density at radius 3 is 2.75 bits per heavy atom. The standard InChI is InChI=1S/C18H19N7O3/c1-11-8-13(23-28-11)17-21-20-16-9-14(26-4)18(22-25(16)17)27-10-12-6-5-7-15(19-12)24(2)3/h5-9H,10H2,1-4H3. The maximum absolute atomic E-state index is 5.89. The zero-order valence-corrected chi connectivity index (χ0v) is 15.9. The molecule has 4 aromatic rings. The van der Waals surface area contributed by atoms with Crippen molar-refractivity contribution in [3.8, 4) is 23.1 Å². The van der Waals surface area contributed by atoms with E-state index in [9.17, 15) is 0 Å². The Morgan fingerprint density at radius 1 is 1.18 bits per heavy atom. The number of methoxy groups -OCH3 is 1. The number of aromatic nitrogens is 6. The van der Waals surface area contributed by atoms with Gasteiger partial charge in [0.15, 0.2) is 17.1 Å². The van der Waals surface area contributed by atoms with Gasteiger partial charge in [0.25, 0.3) is 5.88 Å². The van der Waals surface area contributed by atoms with Gasteiger partial charge in [-0.1, -0.05) is 11.2 Å². The van der Waals surface area contributed by atoms with Gasteiger partial charge in [-0.15, -0.1) is 15.3 Å².